The Hall–Kier alpha value is -4.19. The maximum atomic E-state index is 12.8. The molecule has 1 aliphatic rings. The SMILES string of the molecule is O=C(Nc1cnc(Oc2ccc(-c3cnc(NCC4CC4)s3)cc2)nc1)Nc1cccc(C(F)(F)F)c1. The van der Waals surface area contributed by atoms with Gasteiger partial charge in [-0.15, -0.1) is 0 Å². The molecule has 1 aliphatic carbocycles. The average molecular weight is 527 g/mol. The van der Waals surface area contributed by atoms with Crippen molar-refractivity contribution in [1.82, 2.24) is 15.0 Å². The van der Waals surface area contributed by atoms with E-state index in [0.29, 0.717) is 5.75 Å². The largest absolute Gasteiger partial charge is 0.424 e. The number of anilines is 3. The third-order valence-corrected chi connectivity index (χ3v) is 6.43. The summed E-state index contributed by atoms with van der Waals surface area (Å²) in [5.74, 6) is 1.31. The van der Waals surface area contributed by atoms with Gasteiger partial charge >= 0.3 is 18.2 Å². The number of halogens is 3. The van der Waals surface area contributed by atoms with Gasteiger partial charge in [0.1, 0.15) is 5.75 Å². The molecule has 0 unspecified atom stereocenters. The smallest absolute Gasteiger partial charge is 0.416 e. The molecule has 1 saturated carbocycles. The van der Waals surface area contributed by atoms with E-state index >= 15 is 0 Å². The first kappa shape index (κ1) is 24.5. The Kier molecular flexibility index (Phi) is 6.91. The van der Waals surface area contributed by atoms with Gasteiger partial charge in [-0.3, -0.25) is 0 Å². The first-order chi connectivity index (χ1) is 17.8. The molecule has 2 heterocycles. The second-order valence-electron chi connectivity index (χ2n) is 8.39. The summed E-state index contributed by atoms with van der Waals surface area (Å²) in [6.07, 6.45) is 2.57. The molecule has 37 heavy (non-hydrogen) atoms. The van der Waals surface area contributed by atoms with Crippen molar-refractivity contribution in [3.63, 3.8) is 0 Å². The zero-order chi connectivity index (χ0) is 25.8. The minimum absolute atomic E-state index is 0.000665. The van der Waals surface area contributed by atoms with Crippen LogP contribution in [0.25, 0.3) is 10.4 Å². The summed E-state index contributed by atoms with van der Waals surface area (Å²) in [4.78, 5) is 25.7. The number of benzene rings is 2. The van der Waals surface area contributed by atoms with Crippen LogP contribution in [0.1, 0.15) is 18.4 Å². The molecule has 2 aromatic carbocycles. The number of aromatic nitrogens is 3. The van der Waals surface area contributed by atoms with Gasteiger partial charge in [0.15, 0.2) is 5.13 Å². The highest BCUT2D eigenvalue weighted by molar-refractivity contribution is 7.18. The lowest BCUT2D eigenvalue weighted by Crippen LogP contribution is -2.20. The second kappa shape index (κ2) is 10.4. The van der Waals surface area contributed by atoms with Crippen LogP contribution in [0.4, 0.5) is 34.5 Å². The molecule has 0 radical (unpaired) electrons. The van der Waals surface area contributed by atoms with E-state index < -0.39 is 17.8 Å². The minimum atomic E-state index is -4.50. The van der Waals surface area contributed by atoms with Crippen LogP contribution in [0.15, 0.2) is 67.1 Å². The molecule has 0 bridgehead atoms. The highest BCUT2D eigenvalue weighted by atomic mass is 32.1. The molecule has 5 rings (SSSR count). The number of carbonyl (C=O) groups is 1. The first-order valence-electron chi connectivity index (χ1n) is 11.4. The highest BCUT2D eigenvalue weighted by Crippen LogP contribution is 2.33. The highest BCUT2D eigenvalue weighted by Gasteiger charge is 2.30. The quantitative estimate of drug-likeness (QED) is 0.231. The Morgan fingerprint density at radius 3 is 2.41 bits per heavy atom. The first-order valence-corrected chi connectivity index (χ1v) is 12.2. The predicted molar refractivity (Wildman–Crippen MR) is 135 cm³/mol. The predicted octanol–water partition coefficient (Wildman–Crippen LogP) is 6.88. The van der Waals surface area contributed by atoms with E-state index in [1.54, 1.807) is 23.5 Å². The van der Waals surface area contributed by atoms with Crippen LogP contribution in [-0.2, 0) is 6.18 Å². The Morgan fingerprint density at radius 2 is 1.70 bits per heavy atom. The number of ether oxygens (including phenoxy) is 1. The molecular weight excluding hydrogens is 505 g/mol. The third kappa shape index (κ3) is 6.73. The number of hydrogen-bond donors (Lipinski definition) is 3. The van der Waals surface area contributed by atoms with E-state index in [0.717, 1.165) is 40.2 Å². The van der Waals surface area contributed by atoms with Crippen LogP contribution < -0.4 is 20.7 Å². The molecule has 0 aliphatic heterocycles. The number of alkyl halides is 3. The molecule has 2 aromatic heterocycles. The summed E-state index contributed by atoms with van der Waals surface area (Å²) < 4.78 is 44.2. The lowest BCUT2D eigenvalue weighted by molar-refractivity contribution is -0.137. The van der Waals surface area contributed by atoms with E-state index in [1.807, 2.05) is 18.3 Å². The topological polar surface area (TPSA) is 101 Å². The molecule has 1 fully saturated rings. The van der Waals surface area contributed by atoms with Crippen LogP contribution >= 0.6 is 11.3 Å². The number of urea groups is 1. The third-order valence-electron chi connectivity index (χ3n) is 5.43. The summed E-state index contributed by atoms with van der Waals surface area (Å²) in [6.45, 7) is 0.967. The van der Waals surface area contributed by atoms with Crippen LogP contribution in [0.5, 0.6) is 11.8 Å². The van der Waals surface area contributed by atoms with Gasteiger partial charge in [-0.25, -0.2) is 19.7 Å². The number of nitrogens with zero attached hydrogens (tertiary/aromatic N) is 3. The number of nitrogens with one attached hydrogen (secondary N) is 3. The zero-order valence-electron chi connectivity index (χ0n) is 19.2. The van der Waals surface area contributed by atoms with Crippen LogP contribution in [0.2, 0.25) is 0 Å². The van der Waals surface area contributed by atoms with E-state index in [-0.39, 0.29) is 17.4 Å². The van der Waals surface area contributed by atoms with Crippen molar-refractivity contribution in [2.24, 2.45) is 5.92 Å². The fraction of sp³-hybridized carbons (Fsp3) is 0.200. The van der Waals surface area contributed by atoms with E-state index in [4.69, 9.17) is 4.74 Å². The second-order valence-corrected chi connectivity index (χ2v) is 9.42. The van der Waals surface area contributed by atoms with Gasteiger partial charge in [-0.1, -0.05) is 17.4 Å². The monoisotopic (exact) mass is 526 g/mol. The van der Waals surface area contributed by atoms with Gasteiger partial charge in [0.25, 0.3) is 0 Å². The standard InChI is InChI=1S/C25H21F3N6O2S/c26-25(27,28)17-2-1-3-18(10-17)33-22(35)34-19-12-29-23(30-13-19)36-20-8-6-16(7-9-20)21-14-32-24(37-21)31-11-15-4-5-15/h1-3,6-10,12-15H,4-5,11H2,(H,31,32)(H2,33,34,35). The molecule has 12 heteroatoms. The minimum Gasteiger partial charge on any atom is -0.424 e. The molecule has 4 aromatic rings. The maximum absolute atomic E-state index is 12.8. The van der Waals surface area contributed by atoms with Crippen molar-refractivity contribution in [2.75, 3.05) is 22.5 Å². The number of amides is 2. The lowest BCUT2D eigenvalue weighted by Gasteiger charge is -2.11. The van der Waals surface area contributed by atoms with E-state index in [1.165, 1.54) is 37.4 Å². The number of thiazole rings is 1. The van der Waals surface area contributed by atoms with Gasteiger partial charge in [-0.05, 0) is 66.8 Å². The summed E-state index contributed by atoms with van der Waals surface area (Å²) in [5.41, 5.74) is 0.390. The van der Waals surface area contributed by atoms with Gasteiger partial charge in [0.2, 0.25) is 0 Å². The van der Waals surface area contributed by atoms with Gasteiger partial charge in [0.05, 0.1) is 28.5 Å². The maximum Gasteiger partial charge on any atom is 0.416 e. The lowest BCUT2D eigenvalue weighted by atomic mass is 10.2. The Balaban J connectivity index is 1.14. The average Bonchev–Trinajstić information content (AvgIpc) is 3.59. The number of rotatable bonds is 8. The van der Waals surface area contributed by atoms with Crippen molar-refractivity contribution < 1.29 is 22.7 Å². The molecule has 2 amide bonds. The normalized spacial score (nSPS) is 13.2. The fourth-order valence-electron chi connectivity index (χ4n) is 3.34. The molecule has 0 atom stereocenters. The van der Waals surface area contributed by atoms with Gasteiger partial charge < -0.3 is 20.7 Å². The molecule has 0 saturated heterocycles. The van der Waals surface area contributed by atoms with Crippen molar-refractivity contribution in [3.05, 3.63) is 72.7 Å². The molecule has 0 spiro atoms. The van der Waals surface area contributed by atoms with Crippen molar-refractivity contribution in [1.29, 1.82) is 0 Å². The van der Waals surface area contributed by atoms with E-state index in [2.05, 4.69) is 30.9 Å². The molecule has 190 valence electrons. The van der Waals surface area contributed by atoms with Gasteiger partial charge in [0, 0.05) is 18.4 Å². The van der Waals surface area contributed by atoms with Crippen LogP contribution in [0, 0.1) is 5.92 Å². The number of carbonyl (C=O) groups excluding carboxylic acids is 1. The Morgan fingerprint density at radius 1 is 0.973 bits per heavy atom. The summed E-state index contributed by atoms with van der Waals surface area (Å²) in [6, 6.07) is 11.1. The number of hydrogen-bond acceptors (Lipinski definition) is 7. The molecule has 8 nitrogen and oxygen atoms in total. The van der Waals surface area contributed by atoms with Crippen LogP contribution in [0.3, 0.4) is 0 Å². The van der Waals surface area contributed by atoms with Crippen molar-refractivity contribution >= 4 is 33.9 Å². The zero-order valence-corrected chi connectivity index (χ0v) is 20.1. The summed E-state index contributed by atoms with van der Waals surface area (Å²) in [5, 5.41) is 9.09. The Bertz CT molecular complexity index is 1370. The molecular formula is C25H21F3N6O2S. The van der Waals surface area contributed by atoms with Crippen molar-refractivity contribution in [2.45, 2.75) is 19.0 Å². The van der Waals surface area contributed by atoms with Gasteiger partial charge in [-0.2, -0.15) is 13.2 Å². The van der Waals surface area contributed by atoms with Crippen molar-refractivity contribution in [3.8, 4) is 22.2 Å². The Labute approximate surface area is 214 Å². The fourth-order valence-corrected chi connectivity index (χ4v) is 4.16. The van der Waals surface area contributed by atoms with Crippen LogP contribution in [-0.4, -0.2) is 27.5 Å². The summed E-state index contributed by atoms with van der Waals surface area (Å²) >= 11 is 1.60. The van der Waals surface area contributed by atoms with E-state index in [9.17, 15) is 18.0 Å². The summed E-state index contributed by atoms with van der Waals surface area (Å²) in [7, 11) is 0. The molecule has 3 N–H and O–H groups in total.